The maximum Gasteiger partial charge on any atom is 0.0234 e. The van der Waals surface area contributed by atoms with E-state index in [1.807, 2.05) is 0 Å². The molecule has 1 saturated heterocycles. The number of rotatable bonds is 3. The van der Waals surface area contributed by atoms with Gasteiger partial charge in [0.05, 0.1) is 0 Å². The quantitative estimate of drug-likeness (QED) is 0.832. The SMILES string of the molecule is CC1(C)[C@H]2CC[C@@]1(C)[C@H](N1CCN(Cc3ccccc3)CC1)C2. The molecule has 0 amide bonds. The van der Waals surface area contributed by atoms with E-state index in [4.69, 9.17) is 0 Å². The fourth-order valence-corrected chi connectivity index (χ4v) is 5.79. The van der Waals surface area contributed by atoms with Crippen LogP contribution < -0.4 is 0 Å². The Morgan fingerprint density at radius 2 is 1.70 bits per heavy atom. The minimum absolute atomic E-state index is 0.541. The van der Waals surface area contributed by atoms with Crippen LogP contribution in [-0.4, -0.2) is 42.0 Å². The monoisotopic (exact) mass is 312 g/mol. The maximum atomic E-state index is 2.84. The van der Waals surface area contributed by atoms with Crippen LogP contribution in [0.1, 0.15) is 45.6 Å². The first-order chi connectivity index (χ1) is 11.0. The Balaban J connectivity index is 1.37. The van der Waals surface area contributed by atoms with Gasteiger partial charge < -0.3 is 0 Å². The first-order valence-corrected chi connectivity index (χ1v) is 9.51. The molecule has 3 aliphatic rings. The maximum absolute atomic E-state index is 2.84. The summed E-state index contributed by atoms with van der Waals surface area (Å²) in [5.41, 5.74) is 2.53. The highest BCUT2D eigenvalue weighted by molar-refractivity contribution is 5.15. The molecule has 0 unspecified atom stereocenters. The molecule has 1 heterocycles. The number of piperazine rings is 1. The van der Waals surface area contributed by atoms with Crippen molar-refractivity contribution in [3.63, 3.8) is 0 Å². The van der Waals surface area contributed by atoms with E-state index in [0.29, 0.717) is 10.8 Å². The molecular formula is C21H32N2. The fourth-order valence-electron chi connectivity index (χ4n) is 5.79. The number of nitrogens with zero attached hydrogens (tertiary/aromatic N) is 2. The highest BCUT2D eigenvalue weighted by atomic mass is 15.3. The van der Waals surface area contributed by atoms with E-state index in [-0.39, 0.29) is 0 Å². The van der Waals surface area contributed by atoms with Crippen LogP contribution in [0, 0.1) is 16.7 Å². The second-order valence-corrected chi connectivity index (χ2v) is 8.92. The molecule has 1 aromatic carbocycles. The van der Waals surface area contributed by atoms with E-state index < -0.39 is 0 Å². The second kappa shape index (κ2) is 5.60. The molecule has 3 fully saturated rings. The van der Waals surface area contributed by atoms with Gasteiger partial charge in [-0.2, -0.15) is 0 Å². The van der Waals surface area contributed by atoms with Gasteiger partial charge in [0.15, 0.2) is 0 Å². The van der Waals surface area contributed by atoms with Gasteiger partial charge >= 0.3 is 0 Å². The first kappa shape index (κ1) is 15.7. The van der Waals surface area contributed by atoms with Gasteiger partial charge in [-0.05, 0) is 41.6 Å². The molecule has 126 valence electrons. The summed E-state index contributed by atoms with van der Waals surface area (Å²) >= 11 is 0. The summed E-state index contributed by atoms with van der Waals surface area (Å²) in [7, 11) is 0. The number of hydrogen-bond donors (Lipinski definition) is 0. The van der Waals surface area contributed by atoms with Gasteiger partial charge in [-0.15, -0.1) is 0 Å². The molecule has 0 radical (unpaired) electrons. The van der Waals surface area contributed by atoms with Crippen LogP contribution in [-0.2, 0) is 6.54 Å². The topological polar surface area (TPSA) is 6.48 Å². The Labute approximate surface area is 141 Å². The summed E-state index contributed by atoms with van der Waals surface area (Å²) in [6.45, 7) is 13.8. The zero-order valence-corrected chi connectivity index (χ0v) is 15.1. The number of hydrogen-bond acceptors (Lipinski definition) is 2. The molecule has 2 saturated carbocycles. The molecule has 1 aromatic rings. The van der Waals surface area contributed by atoms with E-state index in [1.54, 1.807) is 0 Å². The Morgan fingerprint density at radius 3 is 2.26 bits per heavy atom. The van der Waals surface area contributed by atoms with Crippen LogP contribution in [0.3, 0.4) is 0 Å². The lowest BCUT2D eigenvalue weighted by Crippen LogP contribution is -2.54. The van der Waals surface area contributed by atoms with Crippen LogP contribution in [0.2, 0.25) is 0 Å². The van der Waals surface area contributed by atoms with Crippen molar-refractivity contribution in [1.29, 1.82) is 0 Å². The third-order valence-corrected chi connectivity index (χ3v) is 7.84. The molecule has 2 bridgehead atoms. The summed E-state index contributed by atoms with van der Waals surface area (Å²) in [5, 5.41) is 0. The van der Waals surface area contributed by atoms with Crippen molar-refractivity contribution in [1.82, 2.24) is 9.80 Å². The standard InChI is InChI=1S/C21H32N2/c1-20(2)18-9-10-21(20,3)19(15-18)23-13-11-22(12-14-23)16-17-7-5-4-6-8-17/h4-8,18-19H,9-16H2,1-3H3/t18-,19+,21-/m0/s1. The highest BCUT2D eigenvalue weighted by Gasteiger charge is 2.62. The van der Waals surface area contributed by atoms with Crippen LogP contribution >= 0.6 is 0 Å². The lowest BCUT2D eigenvalue weighted by atomic mass is 9.68. The van der Waals surface area contributed by atoms with Crippen molar-refractivity contribution < 1.29 is 0 Å². The van der Waals surface area contributed by atoms with Crippen LogP contribution in [0.15, 0.2) is 30.3 Å². The van der Waals surface area contributed by atoms with E-state index in [9.17, 15) is 0 Å². The van der Waals surface area contributed by atoms with E-state index in [2.05, 4.69) is 60.9 Å². The largest absolute Gasteiger partial charge is 0.297 e. The van der Waals surface area contributed by atoms with Crippen LogP contribution in [0.25, 0.3) is 0 Å². The van der Waals surface area contributed by atoms with Crippen LogP contribution in [0.4, 0.5) is 0 Å². The van der Waals surface area contributed by atoms with Crippen molar-refractivity contribution in [2.45, 2.75) is 52.6 Å². The third kappa shape index (κ3) is 2.46. The van der Waals surface area contributed by atoms with Gasteiger partial charge in [0, 0.05) is 38.8 Å². The minimum atomic E-state index is 0.541. The molecular weight excluding hydrogens is 280 g/mol. The number of benzene rings is 1. The molecule has 2 heteroatoms. The van der Waals surface area contributed by atoms with E-state index >= 15 is 0 Å². The predicted molar refractivity (Wildman–Crippen MR) is 96.3 cm³/mol. The van der Waals surface area contributed by atoms with E-state index in [0.717, 1.165) is 18.5 Å². The van der Waals surface area contributed by atoms with Crippen molar-refractivity contribution in [3.05, 3.63) is 35.9 Å². The molecule has 3 atom stereocenters. The molecule has 1 aliphatic heterocycles. The second-order valence-electron chi connectivity index (χ2n) is 8.92. The van der Waals surface area contributed by atoms with Gasteiger partial charge in [-0.3, -0.25) is 9.80 Å². The molecule has 0 aromatic heterocycles. The predicted octanol–water partition coefficient (Wildman–Crippen LogP) is 4.02. The smallest absolute Gasteiger partial charge is 0.0234 e. The Hall–Kier alpha value is -0.860. The number of fused-ring (bicyclic) bond motifs is 2. The average Bonchev–Trinajstić information content (AvgIpc) is 2.90. The van der Waals surface area contributed by atoms with Crippen molar-refractivity contribution in [2.24, 2.45) is 16.7 Å². The van der Waals surface area contributed by atoms with Gasteiger partial charge in [0.1, 0.15) is 0 Å². The van der Waals surface area contributed by atoms with Gasteiger partial charge in [0.2, 0.25) is 0 Å². The van der Waals surface area contributed by atoms with Crippen molar-refractivity contribution >= 4 is 0 Å². The zero-order chi connectivity index (χ0) is 16.1. The third-order valence-electron chi connectivity index (χ3n) is 7.84. The van der Waals surface area contributed by atoms with Gasteiger partial charge in [-0.25, -0.2) is 0 Å². The summed E-state index contributed by atoms with van der Waals surface area (Å²) in [6, 6.07) is 11.8. The average molecular weight is 313 g/mol. The summed E-state index contributed by atoms with van der Waals surface area (Å²) < 4.78 is 0. The summed E-state index contributed by atoms with van der Waals surface area (Å²) in [6.07, 6.45) is 4.36. The molecule has 0 N–H and O–H groups in total. The Bertz CT molecular complexity index is 544. The summed E-state index contributed by atoms with van der Waals surface area (Å²) in [4.78, 5) is 5.47. The Kier molecular flexibility index (Phi) is 3.81. The fraction of sp³-hybridized carbons (Fsp3) is 0.714. The molecule has 4 rings (SSSR count). The summed E-state index contributed by atoms with van der Waals surface area (Å²) in [5.74, 6) is 0.958. The molecule has 2 nitrogen and oxygen atoms in total. The zero-order valence-electron chi connectivity index (χ0n) is 15.1. The van der Waals surface area contributed by atoms with Gasteiger partial charge in [-0.1, -0.05) is 51.1 Å². The van der Waals surface area contributed by atoms with Crippen molar-refractivity contribution in [2.75, 3.05) is 26.2 Å². The molecule has 2 aliphatic carbocycles. The molecule has 0 spiro atoms. The lowest BCUT2D eigenvalue weighted by Gasteiger charge is -2.47. The van der Waals surface area contributed by atoms with Gasteiger partial charge in [0.25, 0.3) is 0 Å². The minimum Gasteiger partial charge on any atom is -0.297 e. The normalized spacial score (nSPS) is 37.3. The van der Waals surface area contributed by atoms with E-state index in [1.165, 1.54) is 51.0 Å². The first-order valence-electron chi connectivity index (χ1n) is 9.51. The highest BCUT2D eigenvalue weighted by Crippen LogP contribution is 2.66. The molecule has 23 heavy (non-hydrogen) atoms. The lowest BCUT2D eigenvalue weighted by molar-refractivity contribution is 0.0113. The van der Waals surface area contributed by atoms with Crippen LogP contribution in [0.5, 0.6) is 0 Å². The Morgan fingerprint density at radius 1 is 1.00 bits per heavy atom. The van der Waals surface area contributed by atoms with Crippen molar-refractivity contribution in [3.8, 4) is 0 Å².